The molecule has 4 aliphatic carbocycles. The molecule has 0 heterocycles. The van der Waals surface area contributed by atoms with E-state index >= 15 is 0 Å². The minimum Gasteiger partial charge on any atom is -0.300 e. The Kier molecular flexibility index (Phi) is 2.76. The van der Waals surface area contributed by atoms with Crippen molar-refractivity contribution >= 4 is 5.78 Å². The first kappa shape index (κ1) is 13.1. The number of hydrogen-bond acceptors (Lipinski definition) is 1. The molecule has 1 heteroatoms. The summed E-state index contributed by atoms with van der Waals surface area (Å²) in [6.07, 6.45) is 13.7. The number of carbonyl (C=O) groups is 1. The van der Waals surface area contributed by atoms with Gasteiger partial charge in [0.15, 0.2) is 0 Å². The highest BCUT2D eigenvalue weighted by atomic mass is 16.1. The van der Waals surface area contributed by atoms with Crippen LogP contribution in [0.1, 0.15) is 71.6 Å². The van der Waals surface area contributed by atoms with Gasteiger partial charge < -0.3 is 0 Å². The highest BCUT2D eigenvalue weighted by molar-refractivity contribution is 5.79. The molecule has 0 amide bonds. The van der Waals surface area contributed by atoms with Crippen LogP contribution in [0.25, 0.3) is 0 Å². The van der Waals surface area contributed by atoms with Crippen molar-refractivity contribution in [2.45, 2.75) is 71.6 Å². The fourth-order valence-electron chi connectivity index (χ4n) is 6.37. The van der Waals surface area contributed by atoms with E-state index < -0.39 is 0 Å². The summed E-state index contributed by atoms with van der Waals surface area (Å²) >= 11 is 0. The highest BCUT2D eigenvalue weighted by Crippen LogP contribution is 2.64. The molecule has 0 aromatic rings. The third-order valence-corrected chi connectivity index (χ3v) is 7.67. The molecule has 3 saturated carbocycles. The largest absolute Gasteiger partial charge is 0.300 e. The second kappa shape index (κ2) is 4.21. The van der Waals surface area contributed by atoms with Gasteiger partial charge in [0.25, 0.3) is 0 Å². The molecule has 0 saturated heterocycles. The van der Waals surface area contributed by atoms with Crippen molar-refractivity contribution in [3.8, 4) is 0 Å². The smallest absolute Gasteiger partial charge is 0.133 e. The van der Waals surface area contributed by atoms with E-state index in [1.165, 1.54) is 44.9 Å². The van der Waals surface area contributed by atoms with E-state index in [-0.39, 0.29) is 0 Å². The summed E-state index contributed by atoms with van der Waals surface area (Å²) < 4.78 is 0. The number of fused-ring (bicyclic) bond motifs is 5. The van der Waals surface area contributed by atoms with Crippen LogP contribution in [-0.4, -0.2) is 5.78 Å². The lowest BCUT2D eigenvalue weighted by Crippen LogP contribution is -2.50. The standard InChI is InChI=1S/C19H28O/c1-18-9-3-4-16(18)15-6-5-13-12-14(20)7-11-19(13,2)17(15)8-10-18/h4,13,15,17H,3,5-12H2,1-2H3. The van der Waals surface area contributed by atoms with Crippen LogP contribution in [0.4, 0.5) is 0 Å². The minimum atomic E-state index is 0.460. The van der Waals surface area contributed by atoms with Gasteiger partial charge in [0, 0.05) is 12.8 Å². The number of ketones is 1. The molecule has 0 aromatic carbocycles. The summed E-state index contributed by atoms with van der Waals surface area (Å²) in [7, 11) is 0. The average Bonchev–Trinajstić information content (AvgIpc) is 2.81. The molecular formula is C19H28O. The van der Waals surface area contributed by atoms with Gasteiger partial charge in [0.05, 0.1) is 0 Å². The molecule has 5 atom stereocenters. The molecular weight excluding hydrogens is 244 g/mol. The summed E-state index contributed by atoms with van der Waals surface area (Å²) in [6, 6.07) is 0. The molecule has 5 unspecified atom stereocenters. The SMILES string of the molecule is CC12CCC=C1C1CCC3CC(=O)CCC3(C)C1CC2. The van der Waals surface area contributed by atoms with Crippen LogP contribution in [0.2, 0.25) is 0 Å². The quantitative estimate of drug-likeness (QED) is 0.573. The molecule has 1 nitrogen and oxygen atoms in total. The zero-order valence-electron chi connectivity index (χ0n) is 13.1. The molecule has 0 bridgehead atoms. The predicted molar refractivity (Wildman–Crippen MR) is 81.3 cm³/mol. The molecule has 0 spiro atoms. The van der Waals surface area contributed by atoms with Crippen LogP contribution < -0.4 is 0 Å². The Morgan fingerprint density at radius 3 is 2.80 bits per heavy atom. The lowest BCUT2D eigenvalue weighted by atomic mass is 9.46. The lowest BCUT2D eigenvalue weighted by molar-refractivity contribution is -0.131. The van der Waals surface area contributed by atoms with Crippen molar-refractivity contribution in [2.24, 2.45) is 28.6 Å². The summed E-state index contributed by atoms with van der Waals surface area (Å²) in [5.41, 5.74) is 2.82. The molecule has 4 aliphatic rings. The monoisotopic (exact) mass is 272 g/mol. The van der Waals surface area contributed by atoms with Crippen molar-refractivity contribution in [3.63, 3.8) is 0 Å². The molecule has 0 radical (unpaired) electrons. The molecule has 0 aliphatic heterocycles. The lowest BCUT2D eigenvalue weighted by Gasteiger charge is -2.58. The molecule has 4 rings (SSSR count). The number of hydrogen-bond donors (Lipinski definition) is 0. The third kappa shape index (κ3) is 1.64. The van der Waals surface area contributed by atoms with Crippen molar-refractivity contribution in [1.29, 1.82) is 0 Å². The van der Waals surface area contributed by atoms with Crippen molar-refractivity contribution < 1.29 is 4.79 Å². The van der Waals surface area contributed by atoms with Gasteiger partial charge in [-0.25, -0.2) is 0 Å². The van der Waals surface area contributed by atoms with Gasteiger partial charge in [-0.2, -0.15) is 0 Å². The Bertz CT molecular complexity index is 476. The Morgan fingerprint density at radius 2 is 1.95 bits per heavy atom. The maximum atomic E-state index is 11.8. The van der Waals surface area contributed by atoms with Gasteiger partial charge in [0.1, 0.15) is 5.78 Å². The fourth-order valence-corrected chi connectivity index (χ4v) is 6.37. The van der Waals surface area contributed by atoms with Crippen LogP contribution in [0.15, 0.2) is 11.6 Å². The Balaban J connectivity index is 1.67. The first-order valence-corrected chi connectivity index (χ1v) is 8.75. The zero-order valence-corrected chi connectivity index (χ0v) is 13.1. The molecule has 0 aromatic heterocycles. The molecule has 20 heavy (non-hydrogen) atoms. The normalized spacial score (nSPS) is 51.0. The molecule has 110 valence electrons. The van der Waals surface area contributed by atoms with Gasteiger partial charge >= 0.3 is 0 Å². The molecule has 3 fully saturated rings. The predicted octanol–water partition coefficient (Wildman–Crippen LogP) is 4.91. The van der Waals surface area contributed by atoms with E-state index in [1.807, 2.05) is 5.57 Å². The Labute approximate surface area is 123 Å². The zero-order chi connectivity index (χ0) is 14.0. The molecule has 0 N–H and O–H groups in total. The van der Waals surface area contributed by atoms with Crippen molar-refractivity contribution in [3.05, 3.63) is 11.6 Å². The van der Waals surface area contributed by atoms with Crippen molar-refractivity contribution in [1.82, 2.24) is 0 Å². The van der Waals surface area contributed by atoms with Gasteiger partial charge in [0.2, 0.25) is 0 Å². The summed E-state index contributed by atoms with van der Waals surface area (Å²) in [6.45, 7) is 5.04. The maximum Gasteiger partial charge on any atom is 0.133 e. The van der Waals surface area contributed by atoms with Crippen LogP contribution in [0.5, 0.6) is 0 Å². The number of allylic oxidation sites excluding steroid dienone is 2. The summed E-state index contributed by atoms with van der Waals surface area (Å²) in [4.78, 5) is 11.8. The Morgan fingerprint density at radius 1 is 1.10 bits per heavy atom. The van der Waals surface area contributed by atoms with E-state index in [1.54, 1.807) is 0 Å². The van der Waals surface area contributed by atoms with E-state index in [2.05, 4.69) is 19.9 Å². The van der Waals surface area contributed by atoms with Crippen LogP contribution in [0.3, 0.4) is 0 Å². The first-order valence-electron chi connectivity index (χ1n) is 8.75. The van der Waals surface area contributed by atoms with Crippen LogP contribution in [0, 0.1) is 28.6 Å². The average molecular weight is 272 g/mol. The van der Waals surface area contributed by atoms with Gasteiger partial charge in [-0.1, -0.05) is 25.5 Å². The summed E-state index contributed by atoms with van der Waals surface area (Å²) in [5.74, 6) is 2.94. The van der Waals surface area contributed by atoms with Gasteiger partial charge in [-0.05, 0) is 73.5 Å². The van der Waals surface area contributed by atoms with Gasteiger partial charge in [-0.3, -0.25) is 4.79 Å². The van der Waals surface area contributed by atoms with Crippen LogP contribution >= 0.6 is 0 Å². The minimum absolute atomic E-state index is 0.460. The highest BCUT2D eigenvalue weighted by Gasteiger charge is 2.55. The second-order valence-corrected chi connectivity index (χ2v) is 8.53. The second-order valence-electron chi connectivity index (χ2n) is 8.53. The van der Waals surface area contributed by atoms with Gasteiger partial charge in [-0.15, -0.1) is 0 Å². The van der Waals surface area contributed by atoms with E-state index in [0.29, 0.717) is 22.5 Å². The Hall–Kier alpha value is -0.590. The maximum absolute atomic E-state index is 11.8. The topological polar surface area (TPSA) is 17.1 Å². The van der Waals surface area contributed by atoms with E-state index in [0.717, 1.165) is 24.7 Å². The summed E-state index contributed by atoms with van der Waals surface area (Å²) in [5, 5.41) is 0. The van der Waals surface area contributed by atoms with Crippen LogP contribution in [-0.2, 0) is 4.79 Å². The van der Waals surface area contributed by atoms with Crippen molar-refractivity contribution in [2.75, 3.05) is 0 Å². The number of carbonyl (C=O) groups excluding carboxylic acids is 1. The third-order valence-electron chi connectivity index (χ3n) is 7.67. The first-order chi connectivity index (χ1) is 9.53. The number of Topliss-reactive ketones (excluding diaryl/α,β-unsaturated/α-hetero) is 1. The van der Waals surface area contributed by atoms with E-state index in [9.17, 15) is 4.79 Å². The fraction of sp³-hybridized carbons (Fsp3) is 0.842. The van der Waals surface area contributed by atoms with E-state index in [4.69, 9.17) is 0 Å². The number of rotatable bonds is 0.